The van der Waals surface area contributed by atoms with Crippen LogP contribution in [0.25, 0.3) is 0 Å². The number of ether oxygens (including phenoxy) is 4. The normalized spacial score (nSPS) is 19.3. The highest BCUT2D eigenvalue weighted by Crippen LogP contribution is 2.55. The second-order valence-corrected chi connectivity index (χ2v) is 10.3. The van der Waals surface area contributed by atoms with Gasteiger partial charge >= 0.3 is 0 Å². The molecule has 6 rings (SSSR count). The Morgan fingerprint density at radius 3 is 2.07 bits per heavy atom. The van der Waals surface area contributed by atoms with E-state index in [1.54, 1.807) is 54.6 Å². The number of fused-ring (bicyclic) bond motifs is 2. The van der Waals surface area contributed by atoms with Gasteiger partial charge in [0.05, 0.1) is 27.4 Å². The number of phenolic OH excluding ortho intramolecular Hbond substituents is 5. The number of rotatable bonds is 5. The number of hydrogen-bond donors (Lipinski definition) is 5. The molecule has 0 radical (unpaired) electrons. The van der Waals surface area contributed by atoms with Crippen molar-refractivity contribution in [2.24, 2.45) is 0 Å². The molecule has 4 aromatic carbocycles. The van der Waals surface area contributed by atoms with Crippen LogP contribution in [0.3, 0.4) is 0 Å². The Balaban J connectivity index is 1.56. The molecule has 2 aliphatic heterocycles. The molecule has 2 heterocycles. The molecule has 212 valence electrons. The monoisotopic (exact) mass is 558 g/mol. The lowest BCUT2D eigenvalue weighted by Crippen LogP contribution is -2.28. The van der Waals surface area contributed by atoms with Crippen LogP contribution in [0.4, 0.5) is 0 Å². The van der Waals surface area contributed by atoms with Crippen LogP contribution in [-0.2, 0) is 6.42 Å². The van der Waals surface area contributed by atoms with Gasteiger partial charge in [-0.25, -0.2) is 0 Å². The number of phenols is 5. The molecule has 9 heteroatoms. The fourth-order valence-electron chi connectivity index (χ4n) is 6.10. The molecule has 0 saturated carbocycles. The molecule has 9 nitrogen and oxygen atoms in total. The van der Waals surface area contributed by atoms with Crippen molar-refractivity contribution in [2.75, 3.05) is 27.4 Å². The van der Waals surface area contributed by atoms with E-state index in [4.69, 9.17) is 18.9 Å². The van der Waals surface area contributed by atoms with Crippen LogP contribution in [0.5, 0.6) is 51.7 Å². The van der Waals surface area contributed by atoms with Crippen molar-refractivity contribution < 1.29 is 44.5 Å². The minimum absolute atomic E-state index is 0.0246. The third-order valence-corrected chi connectivity index (χ3v) is 8.00. The molecule has 0 spiro atoms. The van der Waals surface area contributed by atoms with Crippen molar-refractivity contribution >= 4 is 0 Å². The van der Waals surface area contributed by atoms with Crippen LogP contribution in [0.2, 0.25) is 0 Å². The van der Waals surface area contributed by atoms with Crippen molar-refractivity contribution in [1.82, 2.24) is 0 Å². The van der Waals surface area contributed by atoms with Crippen molar-refractivity contribution in [3.63, 3.8) is 0 Å². The maximum absolute atomic E-state index is 11.1. The molecule has 2 aliphatic rings. The van der Waals surface area contributed by atoms with Gasteiger partial charge in [0.1, 0.15) is 34.5 Å². The molecule has 41 heavy (non-hydrogen) atoms. The van der Waals surface area contributed by atoms with Gasteiger partial charge in [-0.3, -0.25) is 0 Å². The number of methoxy groups -OCH3 is 2. The molecule has 5 N–H and O–H groups in total. The highest BCUT2D eigenvalue weighted by molar-refractivity contribution is 5.62. The molecular formula is C32H30O9. The maximum atomic E-state index is 11.1. The minimum atomic E-state index is -0.505. The second kappa shape index (κ2) is 10.2. The summed E-state index contributed by atoms with van der Waals surface area (Å²) in [4.78, 5) is 0. The molecule has 0 fully saturated rings. The van der Waals surface area contributed by atoms with Crippen molar-refractivity contribution in [3.8, 4) is 51.7 Å². The third kappa shape index (κ3) is 4.53. The van der Waals surface area contributed by atoms with E-state index in [9.17, 15) is 25.5 Å². The van der Waals surface area contributed by atoms with Gasteiger partial charge in [0, 0.05) is 52.6 Å². The van der Waals surface area contributed by atoms with E-state index in [2.05, 4.69) is 0 Å². The van der Waals surface area contributed by atoms with Crippen LogP contribution >= 0.6 is 0 Å². The minimum Gasteiger partial charge on any atom is -0.508 e. The predicted octanol–water partition coefficient (Wildman–Crippen LogP) is 5.26. The van der Waals surface area contributed by atoms with E-state index in [-0.39, 0.29) is 47.0 Å². The van der Waals surface area contributed by atoms with Crippen LogP contribution in [0, 0.1) is 0 Å². The summed E-state index contributed by atoms with van der Waals surface area (Å²) >= 11 is 0. The Morgan fingerprint density at radius 2 is 1.32 bits per heavy atom. The van der Waals surface area contributed by atoms with Crippen LogP contribution < -0.4 is 18.9 Å². The molecular weight excluding hydrogens is 528 g/mol. The molecule has 3 atom stereocenters. The average Bonchev–Trinajstić information content (AvgIpc) is 2.97. The van der Waals surface area contributed by atoms with Crippen molar-refractivity contribution in [2.45, 2.75) is 24.2 Å². The van der Waals surface area contributed by atoms with E-state index in [0.29, 0.717) is 35.8 Å². The average molecular weight is 559 g/mol. The summed E-state index contributed by atoms with van der Waals surface area (Å²) in [5, 5.41) is 52.7. The fraction of sp³-hybridized carbons (Fsp3) is 0.250. The lowest BCUT2D eigenvalue weighted by Gasteiger charge is -2.38. The highest BCUT2D eigenvalue weighted by Gasteiger charge is 2.40. The van der Waals surface area contributed by atoms with E-state index in [1.807, 2.05) is 6.07 Å². The lowest BCUT2D eigenvalue weighted by molar-refractivity contribution is 0.238. The largest absolute Gasteiger partial charge is 0.508 e. The molecule has 0 saturated heterocycles. The lowest BCUT2D eigenvalue weighted by atomic mass is 9.71. The number of hydrogen-bond acceptors (Lipinski definition) is 9. The summed E-state index contributed by atoms with van der Waals surface area (Å²) in [5.74, 6) is -0.0252. The summed E-state index contributed by atoms with van der Waals surface area (Å²) in [6, 6.07) is 16.4. The smallest absolute Gasteiger partial charge is 0.200 e. The first-order valence-electron chi connectivity index (χ1n) is 13.2. The molecule has 0 aromatic heterocycles. The van der Waals surface area contributed by atoms with Gasteiger partial charge in [-0.05, 0) is 41.8 Å². The molecule has 4 aromatic rings. The zero-order valence-electron chi connectivity index (χ0n) is 22.5. The molecule has 0 bridgehead atoms. The van der Waals surface area contributed by atoms with Crippen LogP contribution in [-0.4, -0.2) is 53.0 Å². The maximum Gasteiger partial charge on any atom is 0.200 e. The highest BCUT2D eigenvalue weighted by atomic mass is 16.5. The predicted molar refractivity (Wildman–Crippen MR) is 149 cm³/mol. The van der Waals surface area contributed by atoms with Gasteiger partial charge in [0.25, 0.3) is 0 Å². The summed E-state index contributed by atoms with van der Waals surface area (Å²) in [6.07, 6.45) is 0.583. The van der Waals surface area contributed by atoms with E-state index < -0.39 is 11.8 Å². The topological polar surface area (TPSA) is 138 Å². The van der Waals surface area contributed by atoms with Crippen molar-refractivity contribution in [1.29, 1.82) is 0 Å². The van der Waals surface area contributed by atoms with Crippen molar-refractivity contribution in [3.05, 3.63) is 88.5 Å². The Hall–Kier alpha value is -4.92. The van der Waals surface area contributed by atoms with E-state index >= 15 is 0 Å². The van der Waals surface area contributed by atoms with Gasteiger partial charge in [-0.1, -0.05) is 18.2 Å². The van der Waals surface area contributed by atoms with E-state index in [1.165, 1.54) is 14.2 Å². The van der Waals surface area contributed by atoms with Gasteiger partial charge in [0.15, 0.2) is 11.5 Å². The quantitative estimate of drug-likeness (QED) is 0.208. The Labute approximate surface area is 236 Å². The zero-order valence-corrected chi connectivity index (χ0v) is 22.5. The Kier molecular flexibility index (Phi) is 6.57. The van der Waals surface area contributed by atoms with Gasteiger partial charge in [-0.15, -0.1) is 0 Å². The first kappa shape index (κ1) is 26.3. The van der Waals surface area contributed by atoms with Crippen LogP contribution in [0.15, 0.2) is 60.7 Å². The summed E-state index contributed by atoms with van der Waals surface area (Å²) < 4.78 is 23.2. The molecule has 0 amide bonds. The third-order valence-electron chi connectivity index (χ3n) is 8.00. The number of benzene rings is 4. The zero-order chi connectivity index (χ0) is 28.8. The first-order chi connectivity index (χ1) is 19.8. The Morgan fingerprint density at radius 1 is 0.634 bits per heavy atom. The van der Waals surface area contributed by atoms with Crippen LogP contribution in [0.1, 0.15) is 45.6 Å². The summed E-state index contributed by atoms with van der Waals surface area (Å²) in [5.41, 5.74) is 3.64. The van der Waals surface area contributed by atoms with Gasteiger partial charge < -0.3 is 44.5 Å². The second-order valence-electron chi connectivity index (χ2n) is 10.3. The fourth-order valence-corrected chi connectivity index (χ4v) is 6.10. The van der Waals surface area contributed by atoms with Gasteiger partial charge in [0.2, 0.25) is 5.75 Å². The molecule has 3 unspecified atom stereocenters. The summed E-state index contributed by atoms with van der Waals surface area (Å²) in [6.45, 7) is 0.411. The standard InChI is InChI=1S/C32H30O9/c1-38-25-8-7-21(31(36)32(25)37)24-15-41-27-12-19(34)5-6-22(27)29(24)30-23(10-20(35)13-28(30)39-2)17-9-16-3-4-18(33)11-26(16)40-14-17/h3-8,10-13,17,24,29,33-37H,9,14-15H2,1-2H3. The Bertz CT molecular complexity index is 1630. The van der Waals surface area contributed by atoms with E-state index in [0.717, 1.165) is 22.3 Å². The SMILES string of the molecule is COc1ccc(C2COc3cc(O)ccc3C2c2c(OC)cc(O)cc2C2COc3cc(O)ccc3C2)c(O)c1O. The number of aromatic hydroxyl groups is 5. The molecule has 0 aliphatic carbocycles. The first-order valence-corrected chi connectivity index (χ1v) is 13.2. The summed E-state index contributed by atoms with van der Waals surface area (Å²) in [7, 11) is 2.93. The van der Waals surface area contributed by atoms with Gasteiger partial charge in [-0.2, -0.15) is 0 Å².